The van der Waals surface area contributed by atoms with Crippen molar-refractivity contribution in [3.05, 3.63) is 53.5 Å². The molecule has 0 bridgehead atoms. The summed E-state index contributed by atoms with van der Waals surface area (Å²) in [4.78, 5) is 19.8. The van der Waals surface area contributed by atoms with Crippen LogP contribution in [0.1, 0.15) is 21.6 Å². The van der Waals surface area contributed by atoms with Crippen molar-refractivity contribution >= 4 is 33.5 Å². The van der Waals surface area contributed by atoms with E-state index in [1.807, 2.05) is 25.1 Å². The van der Waals surface area contributed by atoms with E-state index in [0.29, 0.717) is 22.6 Å². The Hall–Kier alpha value is -3.66. The number of benzene rings is 1. The zero-order valence-corrected chi connectivity index (χ0v) is 12.7. The average molecular weight is 316 g/mol. The Morgan fingerprint density at radius 2 is 2.12 bits per heavy atom. The van der Waals surface area contributed by atoms with Gasteiger partial charge in [0.15, 0.2) is 5.82 Å². The van der Waals surface area contributed by atoms with Gasteiger partial charge in [-0.05, 0) is 36.8 Å². The van der Waals surface area contributed by atoms with Crippen molar-refractivity contribution in [1.29, 1.82) is 5.26 Å². The number of amides is 1. The second kappa shape index (κ2) is 5.21. The quantitative estimate of drug-likeness (QED) is 0.528. The smallest absolute Gasteiger partial charge is 0.276 e. The molecule has 0 aliphatic carbocycles. The number of fused-ring (bicyclic) bond motifs is 2. The topological polar surface area (TPSA) is 110 Å². The van der Waals surface area contributed by atoms with Gasteiger partial charge in [-0.2, -0.15) is 10.4 Å². The lowest BCUT2D eigenvalue weighted by molar-refractivity contribution is 0.102. The number of nitriles is 1. The van der Waals surface area contributed by atoms with E-state index in [1.54, 1.807) is 18.5 Å². The van der Waals surface area contributed by atoms with Gasteiger partial charge in [0.25, 0.3) is 5.91 Å². The lowest BCUT2D eigenvalue weighted by Gasteiger charge is -2.04. The standard InChI is InChI=1S/C17H12N6O/c1-9-6-12-14(7-10(9)8-18)22-23-16(12)21-17(24)15-11-2-4-19-13(11)3-5-20-15/h2-7,19H,1H3,(H2,21,22,23,24). The average Bonchev–Trinajstić information content (AvgIpc) is 3.21. The van der Waals surface area contributed by atoms with E-state index in [1.165, 1.54) is 0 Å². The van der Waals surface area contributed by atoms with Gasteiger partial charge in [-0.25, -0.2) is 0 Å². The normalized spacial score (nSPS) is 10.8. The number of anilines is 1. The summed E-state index contributed by atoms with van der Waals surface area (Å²) in [5.41, 5.74) is 3.27. The third-order valence-electron chi connectivity index (χ3n) is 3.95. The van der Waals surface area contributed by atoms with Gasteiger partial charge in [-0.1, -0.05) is 0 Å². The Kier molecular flexibility index (Phi) is 3.03. The van der Waals surface area contributed by atoms with Crippen LogP contribution in [0.2, 0.25) is 0 Å². The number of aromatic amines is 2. The number of aromatic nitrogens is 4. The minimum atomic E-state index is -0.337. The Balaban J connectivity index is 1.74. The molecular weight excluding hydrogens is 304 g/mol. The summed E-state index contributed by atoms with van der Waals surface area (Å²) in [6.07, 6.45) is 3.35. The molecule has 1 amide bonds. The second-order valence-corrected chi connectivity index (χ2v) is 5.45. The molecule has 0 fully saturated rings. The number of nitrogens with zero attached hydrogens (tertiary/aromatic N) is 3. The highest BCUT2D eigenvalue weighted by atomic mass is 16.2. The predicted octanol–water partition coefficient (Wildman–Crippen LogP) is 2.87. The van der Waals surface area contributed by atoms with Crippen molar-refractivity contribution in [3.63, 3.8) is 0 Å². The Bertz CT molecular complexity index is 1130. The number of rotatable bonds is 2. The molecule has 0 radical (unpaired) electrons. The SMILES string of the molecule is Cc1cc2c(NC(=O)c3nccc4[nH]ccc34)n[nH]c2cc1C#N. The summed E-state index contributed by atoms with van der Waals surface area (Å²) in [5.74, 6) is 0.0764. The van der Waals surface area contributed by atoms with Gasteiger partial charge in [-0.15, -0.1) is 0 Å². The first kappa shape index (κ1) is 14.0. The van der Waals surface area contributed by atoms with E-state index in [0.717, 1.165) is 21.9 Å². The Labute approximate surface area is 136 Å². The van der Waals surface area contributed by atoms with Crippen LogP contribution < -0.4 is 5.32 Å². The van der Waals surface area contributed by atoms with Gasteiger partial charge in [0.1, 0.15) is 5.69 Å². The molecule has 3 N–H and O–H groups in total. The molecule has 4 aromatic rings. The summed E-state index contributed by atoms with van der Waals surface area (Å²) in [6, 6.07) is 9.30. The van der Waals surface area contributed by atoms with Crippen molar-refractivity contribution < 1.29 is 4.79 Å². The molecule has 24 heavy (non-hydrogen) atoms. The molecule has 116 valence electrons. The van der Waals surface area contributed by atoms with Crippen molar-refractivity contribution in [2.45, 2.75) is 6.92 Å². The molecular formula is C17H12N6O. The maximum atomic E-state index is 12.6. The first-order valence-electron chi connectivity index (χ1n) is 7.29. The van der Waals surface area contributed by atoms with Crippen molar-refractivity contribution in [2.24, 2.45) is 0 Å². The predicted molar refractivity (Wildman–Crippen MR) is 89.6 cm³/mol. The van der Waals surface area contributed by atoms with E-state index < -0.39 is 0 Å². The van der Waals surface area contributed by atoms with Crippen LogP contribution in [0.25, 0.3) is 21.8 Å². The molecule has 0 aliphatic rings. The van der Waals surface area contributed by atoms with Crippen LogP contribution in [0.3, 0.4) is 0 Å². The van der Waals surface area contributed by atoms with E-state index >= 15 is 0 Å². The van der Waals surface area contributed by atoms with Gasteiger partial charge >= 0.3 is 0 Å². The maximum absolute atomic E-state index is 12.6. The molecule has 7 heteroatoms. The summed E-state index contributed by atoms with van der Waals surface area (Å²) < 4.78 is 0. The van der Waals surface area contributed by atoms with Crippen LogP contribution in [-0.2, 0) is 0 Å². The fourth-order valence-electron chi connectivity index (χ4n) is 2.72. The van der Waals surface area contributed by atoms with Gasteiger partial charge in [0, 0.05) is 28.7 Å². The van der Waals surface area contributed by atoms with Crippen LogP contribution in [0.4, 0.5) is 5.82 Å². The van der Waals surface area contributed by atoms with Crippen molar-refractivity contribution in [2.75, 3.05) is 5.32 Å². The Morgan fingerprint density at radius 1 is 1.25 bits per heavy atom. The first-order chi connectivity index (χ1) is 11.7. The van der Waals surface area contributed by atoms with Gasteiger partial charge in [0.2, 0.25) is 0 Å². The number of hydrogen-bond donors (Lipinski definition) is 3. The highest BCUT2D eigenvalue weighted by Gasteiger charge is 2.16. The summed E-state index contributed by atoms with van der Waals surface area (Å²) >= 11 is 0. The monoisotopic (exact) mass is 316 g/mol. The van der Waals surface area contributed by atoms with E-state index in [4.69, 9.17) is 5.26 Å². The molecule has 0 saturated carbocycles. The minimum absolute atomic E-state index is 0.329. The highest BCUT2D eigenvalue weighted by Crippen LogP contribution is 2.25. The third-order valence-corrected chi connectivity index (χ3v) is 3.95. The zero-order chi connectivity index (χ0) is 16.7. The maximum Gasteiger partial charge on any atom is 0.276 e. The Morgan fingerprint density at radius 3 is 2.96 bits per heavy atom. The third kappa shape index (κ3) is 2.09. The fourth-order valence-corrected chi connectivity index (χ4v) is 2.72. The van der Waals surface area contributed by atoms with Crippen molar-refractivity contribution in [1.82, 2.24) is 20.2 Å². The molecule has 0 unspecified atom stereocenters. The molecule has 0 aliphatic heterocycles. The molecule has 0 spiro atoms. The van der Waals surface area contributed by atoms with Crippen molar-refractivity contribution in [3.8, 4) is 6.07 Å². The number of pyridine rings is 1. The van der Waals surface area contributed by atoms with Crippen LogP contribution in [0.5, 0.6) is 0 Å². The molecule has 0 atom stereocenters. The van der Waals surface area contributed by atoms with Crippen LogP contribution in [0.15, 0.2) is 36.7 Å². The lowest BCUT2D eigenvalue weighted by atomic mass is 10.1. The fraction of sp³-hybridized carbons (Fsp3) is 0.0588. The molecule has 7 nitrogen and oxygen atoms in total. The molecule has 1 aromatic carbocycles. The minimum Gasteiger partial charge on any atom is -0.361 e. The second-order valence-electron chi connectivity index (χ2n) is 5.45. The number of nitrogens with one attached hydrogen (secondary N) is 3. The van der Waals surface area contributed by atoms with Crippen LogP contribution >= 0.6 is 0 Å². The summed E-state index contributed by atoms with van der Waals surface area (Å²) in [7, 11) is 0. The molecule has 0 saturated heterocycles. The number of carbonyl (C=O) groups excluding carboxylic acids is 1. The van der Waals surface area contributed by atoms with Gasteiger partial charge < -0.3 is 10.3 Å². The lowest BCUT2D eigenvalue weighted by Crippen LogP contribution is -2.14. The first-order valence-corrected chi connectivity index (χ1v) is 7.29. The summed E-state index contributed by atoms with van der Waals surface area (Å²) in [6.45, 7) is 1.85. The zero-order valence-electron chi connectivity index (χ0n) is 12.7. The molecule has 3 aromatic heterocycles. The van der Waals surface area contributed by atoms with Gasteiger partial charge in [0.05, 0.1) is 17.1 Å². The summed E-state index contributed by atoms with van der Waals surface area (Å²) in [5, 5.41) is 20.4. The largest absolute Gasteiger partial charge is 0.361 e. The van der Waals surface area contributed by atoms with Crippen LogP contribution in [0, 0.1) is 18.3 Å². The number of carbonyl (C=O) groups is 1. The van der Waals surface area contributed by atoms with Crippen LogP contribution in [-0.4, -0.2) is 26.1 Å². The molecule has 3 heterocycles. The van der Waals surface area contributed by atoms with Gasteiger partial charge in [-0.3, -0.25) is 14.9 Å². The number of H-pyrrole nitrogens is 2. The van der Waals surface area contributed by atoms with E-state index in [2.05, 4.69) is 31.6 Å². The number of hydrogen-bond acceptors (Lipinski definition) is 4. The van der Waals surface area contributed by atoms with E-state index in [-0.39, 0.29) is 5.91 Å². The molecule has 4 rings (SSSR count). The van der Waals surface area contributed by atoms with E-state index in [9.17, 15) is 4.79 Å². The number of aryl methyl sites for hydroxylation is 1. The highest BCUT2D eigenvalue weighted by molar-refractivity contribution is 6.13.